The maximum absolute atomic E-state index is 9.39. The smallest absolute Gasteiger partial charge is 0.0595 e. The van der Waals surface area contributed by atoms with E-state index in [-0.39, 0.29) is 6.10 Å². The van der Waals surface area contributed by atoms with Crippen LogP contribution in [-0.2, 0) is 6.42 Å². The summed E-state index contributed by atoms with van der Waals surface area (Å²) in [4.78, 5) is 0. The molecule has 0 aromatic heterocycles. The van der Waals surface area contributed by atoms with Crippen molar-refractivity contribution >= 4 is 23.2 Å². The molecule has 0 aliphatic carbocycles. The monoisotopic (exact) mass is 246 g/mol. The number of halogens is 2. The summed E-state index contributed by atoms with van der Waals surface area (Å²) in [6.07, 6.45) is 3.41. The van der Waals surface area contributed by atoms with Gasteiger partial charge < -0.3 is 5.11 Å². The van der Waals surface area contributed by atoms with E-state index in [0.717, 1.165) is 25.7 Å². The van der Waals surface area contributed by atoms with Crippen LogP contribution < -0.4 is 0 Å². The van der Waals surface area contributed by atoms with Crippen molar-refractivity contribution in [3.05, 3.63) is 33.8 Å². The highest BCUT2D eigenvalue weighted by Crippen LogP contribution is 2.23. The Bertz CT molecular complexity index is 312. The van der Waals surface area contributed by atoms with E-state index < -0.39 is 0 Å². The second kappa shape index (κ2) is 6.37. The van der Waals surface area contributed by atoms with Crippen LogP contribution in [0.25, 0.3) is 0 Å². The highest BCUT2D eigenvalue weighted by molar-refractivity contribution is 6.42. The fraction of sp³-hybridized carbons (Fsp3) is 0.500. The first kappa shape index (κ1) is 12.8. The summed E-state index contributed by atoms with van der Waals surface area (Å²) in [5.74, 6) is 0. The number of benzene rings is 1. The van der Waals surface area contributed by atoms with E-state index >= 15 is 0 Å². The Morgan fingerprint density at radius 1 is 1.27 bits per heavy atom. The number of aryl methyl sites for hydroxylation is 1. The summed E-state index contributed by atoms with van der Waals surface area (Å²) >= 11 is 11.7. The van der Waals surface area contributed by atoms with E-state index in [0.29, 0.717) is 10.0 Å². The third-order valence-corrected chi connectivity index (χ3v) is 3.20. The molecular weight excluding hydrogens is 231 g/mol. The molecule has 0 saturated carbocycles. The standard InChI is InChI=1S/C12H16Cl2O/c1-2-10(15)5-3-4-9-6-7-11(13)12(14)8-9/h6-8,10,15H,2-5H2,1H3. The van der Waals surface area contributed by atoms with Gasteiger partial charge in [0, 0.05) is 0 Å². The van der Waals surface area contributed by atoms with E-state index in [2.05, 4.69) is 0 Å². The Morgan fingerprint density at radius 2 is 2.00 bits per heavy atom. The number of aliphatic hydroxyl groups excluding tert-OH is 1. The average Bonchev–Trinajstić information content (AvgIpc) is 2.23. The third-order valence-electron chi connectivity index (χ3n) is 2.46. The van der Waals surface area contributed by atoms with Crippen LogP contribution in [0.3, 0.4) is 0 Å². The summed E-state index contributed by atoms with van der Waals surface area (Å²) in [7, 11) is 0. The summed E-state index contributed by atoms with van der Waals surface area (Å²) < 4.78 is 0. The molecule has 1 atom stereocenters. The molecule has 1 unspecified atom stereocenters. The SMILES string of the molecule is CCC(O)CCCc1ccc(Cl)c(Cl)c1. The van der Waals surface area contributed by atoms with Crippen LogP contribution in [0.15, 0.2) is 18.2 Å². The molecule has 0 radical (unpaired) electrons. The van der Waals surface area contributed by atoms with Gasteiger partial charge in [0.05, 0.1) is 16.1 Å². The topological polar surface area (TPSA) is 20.2 Å². The van der Waals surface area contributed by atoms with Gasteiger partial charge in [-0.3, -0.25) is 0 Å². The van der Waals surface area contributed by atoms with Crippen LogP contribution in [0.1, 0.15) is 31.7 Å². The first-order chi connectivity index (χ1) is 7.13. The van der Waals surface area contributed by atoms with E-state index in [1.165, 1.54) is 5.56 Å². The van der Waals surface area contributed by atoms with Crippen molar-refractivity contribution in [3.8, 4) is 0 Å². The molecule has 1 rings (SSSR count). The fourth-order valence-electron chi connectivity index (χ4n) is 1.44. The molecule has 0 amide bonds. The molecule has 1 N–H and O–H groups in total. The number of hydrogen-bond acceptors (Lipinski definition) is 1. The van der Waals surface area contributed by atoms with Gasteiger partial charge in [0.25, 0.3) is 0 Å². The molecule has 1 nitrogen and oxygen atoms in total. The largest absolute Gasteiger partial charge is 0.393 e. The second-order valence-corrected chi connectivity index (χ2v) is 4.52. The summed E-state index contributed by atoms with van der Waals surface area (Å²) in [6, 6.07) is 5.68. The van der Waals surface area contributed by atoms with Crippen molar-refractivity contribution in [3.63, 3.8) is 0 Å². The molecular formula is C12H16Cl2O. The van der Waals surface area contributed by atoms with Gasteiger partial charge in [-0.1, -0.05) is 36.2 Å². The number of aliphatic hydroxyl groups is 1. The molecule has 0 spiro atoms. The zero-order valence-corrected chi connectivity index (χ0v) is 10.4. The molecule has 15 heavy (non-hydrogen) atoms. The van der Waals surface area contributed by atoms with Crippen LogP contribution in [-0.4, -0.2) is 11.2 Å². The van der Waals surface area contributed by atoms with Crippen LogP contribution in [0, 0.1) is 0 Å². The van der Waals surface area contributed by atoms with Crippen molar-refractivity contribution in [2.24, 2.45) is 0 Å². The quantitative estimate of drug-likeness (QED) is 0.830. The number of hydrogen-bond donors (Lipinski definition) is 1. The van der Waals surface area contributed by atoms with Gasteiger partial charge in [-0.15, -0.1) is 0 Å². The van der Waals surface area contributed by atoms with Crippen LogP contribution in [0.2, 0.25) is 10.0 Å². The van der Waals surface area contributed by atoms with Gasteiger partial charge in [-0.25, -0.2) is 0 Å². The summed E-state index contributed by atoms with van der Waals surface area (Å²) in [6.45, 7) is 1.99. The van der Waals surface area contributed by atoms with E-state index in [1.807, 2.05) is 25.1 Å². The lowest BCUT2D eigenvalue weighted by Gasteiger charge is -2.07. The predicted octanol–water partition coefficient (Wildman–Crippen LogP) is 4.09. The Labute approximate surface area is 101 Å². The normalized spacial score (nSPS) is 12.8. The minimum Gasteiger partial charge on any atom is -0.393 e. The van der Waals surface area contributed by atoms with Crippen molar-refractivity contribution in [2.75, 3.05) is 0 Å². The highest BCUT2D eigenvalue weighted by Gasteiger charge is 2.02. The van der Waals surface area contributed by atoms with Gasteiger partial charge >= 0.3 is 0 Å². The minimum absolute atomic E-state index is 0.173. The highest BCUT2D eigenvalue weighted by atomic mass is 35.5. The molecule has 0 fully saturated rings. The lowest BCUT2D eigenvalue weighted by molar-refractivity contribution is 0.158. The molecule has 3 heteroatoms. The zero-order valence-electron chi connectivity index (χ0n) is 8.84. The molecule has 1 aromatic rings. The van der Waals surface area contributed by atoms with Gasteiger partial charge in [0.15, 0.2) is 0 Å². The lowest BCUT2D eigenvalue weighted by atomic mass is 10.1. The Hall–Kier alpha value is -0.240. The zero-order chi connectivity index (χ0) is 11.3. The molecule has 0 heterocycles. The van der Waals surface area contributed by atoms with Gasteiger partial charge in [-0.2, -0.15) is 0 Å². The first-order valence-corrected chi connectivity index (χ1v) is 6.01. The summed E-state index contributed by atoms with van der Waals surface area (Å²) in [5.41, 5.74) is 1.17. The third kappa shape index (κ3) is 4.42. The predicted molar refractivity (Wildman–Crippen MR) is 65.7 cm³/mol. The first-order valence-electron chi connectivity index (χ1n) is 5.25. The van der Waals surface area contributed by atoms with E-state index in [9.17, 15) is 5.11 Å². The Morgan fingerprint density at radius 3 is 2.60 bits per heavy atom. The van der Waals surface area contributed by atoms with Crippen LogP contribution in [0.4, 0.5) is 0 Å². The molecule has 0 aliphatic rings. The van der Waals surface area contributed by atoms with Crippen molar-refractivity contribution in [2.45, 2.75) is 38.7 Å². The van der Waals surface area contributed by atoms with Crippen molar-refractivity contribution in [1.29, 1.82) is 0 Å². The van der Waals surface area contributed by atoms with Crippen LogP contribution in [0.5, 0.6) is 0 Å². The molecule has 0 saturated heterocycles. The van der Waals surface area contributed by atoms with Crippen LogP contribution >= 0.6 is 23.2 Å². The molecule has 0 aliphatic heterocycles. The minimum atomic E-state index is -0.173. The number of rotatable bonds is 5. The molecule has 84 valence electrons. The van der Waals surface area contributed by atoms with Gasteiger partial charge in [0.2, 0.25) is 0 Å². The molecule has 1 aromatic carbocycles. The average molecular weight is 247 g/mol. The van der Waals surface area contributed by atoms with Gasteiger partial charge in [0.1, 0.15) is 0 Å². The maximum atomic E-state index is 9.39. The molecule has 0 bridgehead atoms. The summed E-state index contributed by atoms with van der Waals surface area (Å²) in [5, 5.41) is 10.6. The second-order valence-electron chi connectivity index (χ2n) is 3.70. The van der Waals surface area contributed by atoms with E-state index in [1.54, 1.807) is 0 Å². The van der Waals surface area contributed by atoms with Gasteiger partial charge in [-0.05, 0) is 43.4 Å². The maximum Gasteiger partial charge on any atom is 0.0595 e. The van der Waals surface area contributed by atoms with E-state index in [4.69, 9.17) is 23.2 Å². The Balaban J connectivity index is 2.41. The van der Waals surface area contributed by atoms with Crippen molar-refractivity contribution in [1.82, 2.24) is 0 Å². The fourth-order valence-corrected chi connectivity index (χ4v) is 1.76. The van der Waals surface area contributed by atoms with Crippen molar-refractivity contribution < 1.29 is 5.11 Å². The lowest BCUT2D eigenvalue weighted by Crippen LogP contribution is -2.04. The Kier molecular flexibility index (Phi) is 5.44.